The van der Waals surface area contributed by atoms with E-state index in [0.717, 1.165) is 0 Å². The lowest BCUT2D eigenvalue weighted by Crippen LogP contribution is -2.48. The third-order valence-electron chi connectivity index (χ3n) is 1.08. The Labute approximate surface area is 82.2 Å². The van der Waals surface area contributed by atoms with Crippen LogP contribution in [0.5, 0.6) is 0 Å². The van der Waals surface area contributed by atoms with Crippen molar-refractivity contribution in [3.8, 4) is 0 Å². The Bertz CT molecular complexity index is 307. The number of alkyl halides is 5. The van der Waals surface area contributed by atoms with Gasteiger partial charge in [0.05, 0.1) is 0 Å². The lowest BCUT2D eigenvalue weighted by Gasteiger charge is -2.12. The summed E-state index contributed by atoms with van der Waals surface area (Å²) >= 11 is 0. The van der Waals surface area contributed by atoms with Crippen LogP contribution in [-0.4, -0.2) is 35.1 Å². The van der Waals surface area contributed by atoms with Crippen molar-refractivity contribution in [2.45, 2.75) is 12.1 Å². The van der Waals surface area contributed by atoms with Crippen molar-refractivity contribution >= 4 is 17.5 Å². The van der Waals surface area contributed by atoms with Gasteiger partial charge in [0.1, 0.15) is 0 Å². The highest BCUT2D eigenvalue weighted by atomic mass is 19.4. The number of ketones is 2. The molecule has 0 aliphatic carbocycles. The fourth-order valence-corrected chi connectivity index (χ4v) is 0.444. The van der Waals surface area contributed by atoms with Crippen LogP contribution in [0, 0.1) is 0 Å². The minimum atomic E-state index is -6.03. The molecule has 0 rings (SSSR count). The normalized spacial score (nSPS) is 11.4. The zero-order valence-corrected chi connectivity index (χ0v) is 6.90. The highest BCUT2D eigenvalue weighted by molar-refractivity contribution is 6.41. The van der Waals surface area contributed by atoms with Crippen LogP contribution >= 0.6 is 0 Å². The molecule has 0 spiro atoms. The Morgan fingerprint density at radius 1 is 0.938 bits per heavy atom. The van der Waals surface area contributed by atoms with Crippen molar-refractivity contribution in [1.82, 2.24) is 0 Å². The molecular formula is C5H2F6O5. The summed E-state index contributed by atoms with van der Waals surface area (Å²) in [6.07, 6.45) is -6.03. The molecule has 2 N–H and O–H groups in total. The lowest BCUT2D eigenvalue weighted by molar-refractivity contribution is -0.205. The summed E-state index contributed by atoms with van der Waals surface area (Å²) in [6, 6.07) is 0. The van der Waals surface area contributed by atoms with Gasteiger partial charge >= 0.3 is 29.6 Å². The maximum atomic E-state index is 12.3. The van der Waals surface area contributed by atoms with E-state index in [-0.39, 0.29) is 5.48 Å². The summed E-state index contributed by atoms with van der Waals surface area (Å²) in [7, 11) is 0. The molecular weight excluding hydrogens is 254 g/mol. The predicted molar refractivity (Wildman–Crippen MR) is 31.8 cm³/mol. The highest BCUT2D eigenvalue weighted by Crippen LogP contribution is 2.28. The monoisotopic (exact) mass is 256 g/mol. The Morgan fingerprint density at radius 2 is 1.31 bits per heavy atom. The molecule has 5 nitrogen and oxygen atoms in total. The van der Waals surface area contributed by atoms with E-state index in [1.54, 1.807) is 0 Å². The van der Waals surface area contributed by atoms with Crippen molar-refractivity contribution in [2.75, 3.05) is 0 Å². The zero-order chi connectivity index (χ0) is 12.4. The molecule has 0 amide bonds. The molecule has 0 aliphatic rings. The number of rotatable bonds is 3. The number of Topliss-reactive ketones (excluding diaryl/α,β-unsaturated/α-hetero) is 2. The minimum Gasteiger partial charge on any atom is -0.412 e. The Hall–Kier alpha value is -1.65. The second-order valence-corrected chi connectivity index (χ2v) is 2.10. The molecule has 0 aliphatic heterocycles. The number of hydrogen-bond acceptors (Lipinski definition) is 4. The third-order valence-corrected chi connectivity index (χ3v) is 1.08. The van der Waals surface area contributed by atoms with Crippen molar-refractivity contribution in [2.24, 2.45) is 0 Å². The molecule has 94 valence electrons. The van der Waals surface area contributed by atoms with Gasteiger partial charge in [0.2, 0.25) is 0 Å². The van der Waals surface area contributed by atoms with Gasteiger partial charge < -0.3 is 5.48 Å². The minimum absolute atomic E-state index is 0. The van der Waals surface area contributed by atoms with Gasteiger partial charge in [-0.3, -0.25) is 9.59 Å². The molecule has 0 aromatic heterocycles. The maximum absolute atomic E-state index is 12.3. The predicted octanol–water partition coefficient (Wildman–Crippen LogP) is -0.0748. The van der Waals surface area contributed by atoms with Crippen LogP contribution < -0.4 is 0 Å². The van der Waals surface area contributed by atoms with E-state index in [2.05, 4.69) is 0 Å². The van der Waals surface area contributed by atoms with Crippen molar-refractivity contribution in [1.29, 1.82) is 0 Å². The highest BCUT2D eigenvalue weighted by Gasteiger charge is 2.62. The largest absolute Gasteiger partial charge is 0.456 e. The van der Waals surface area contributed by atoms with E-state index < -0.39 is 29.6 Å². The molecule has 0 heterocycles. The first-order valence-electron chi connectivity index (χ1n) is 2.92. The molecule has 0 radical (unpaired) electrons. The van der Waals surface area contributed by atoms with Gasteiger partial charge in [0.15, 0.2) is 0 Å². The van der Waals surface area contributed by atoms with Crippen molar-refractivity contribution in [3.63, 3.8) is 0 Å². The number of carbonyl (C=O) groups is 3. The van der Waals surface area contributed by atoms with Gasteiger partial charge in [-0.1, -0.05) is 0 Å². The first kappa shape index (κ1) is 16.8. The summed E-state index contributed by atoms with van der Waals surface area (Å²) < 4.78 is 69.8. The van der Waals surface area contributed by atoms with Gasteiger partial charge in [0.25, 0.3) is 0 Å². The van der Waals surface area contributed by atoms with Crippen LogP contribution in [-0.2, 0) is 19.3 Å². The standard InChI is InChI=1S/C5F6O4.H2O/c6-4(7,1(12)2(13)15-11)3(14)5(8,9)10;/h;1H2. The average molecular weight is 256 g/mol. The van der Waals surface area contributed by atoms with Gasteiger partial charge in [0, 0.05) is 4.53 Å². The van der Waals surface area contributed by atoms with Crippen molar-refractivity contribution in [3.05, 3.63) is 0 Å². The van der Waals surface area contributed by atoms with Crippen LogP contribution in [0.15, 0.2) is 0 Å². The van der Waals surface area contributed by atoms with E-state index >= 15 is 0 Å². The lowest BCUT2D eigenvalue weighted by atomic mass is 10.1. The van der Waals surface area contributed by atoms with E-state index in [1.807, 2.05) is 4.94 Å². The Morgan fingerprint density at radius 3 is 1.56 bits per heavy atom. The second kappa shape index (κ2) is 4.92. The van der Waals surface area contributed by atoms with Gasteiger partial charge in [-0.25, -0.2) is 9.74 Å². The van der Waals surface area contributed by atoms with E-state index in [1.165, 1.54) is 0 Å². The molecule has 0 bridgehead atoms. The number of hydrogen-bond donors (Lipinski definition) is 0. The van der Waals surface area contributed by atoms with E-state index in [0.29, 0.717) is 0 Å². The number of halogens is 6. The average Bonchev–Trinajstić information content (AvgIpc) is 2.12. The second-order valence-electron chi connectivity index (χ2n) is 2.10. The van der Waals surface area contributed by atoms with Crippen LogP contribution in [0.3, 0.4) is 0 Å². The summed E-state index contributed by atoms with van der Waals surface area (Å²) in [4.78, 5) is 31.8. The van der Waals surface area contributed by atoms with Crippen LogP contribution in [0.25, 0.3) is 0 Å². The Balaban J connectivity index is 0. The van der Waals surface area contributed by atoms with Crippen LogP contribution in [0.2, 0.25) is 0 Å². The maximum Gasteiger partial charge on any atom is 0.456 e. The summed E-state index contributed by atoms with van der Waals surface area (Å²) in [6.45, 7) is 0. The van der Waals surface area contributed by atoms with Gasteiger partial charge in [-0.15, -0.1) is 0 Å². The first-order valence-corrected chi connectivity index (χ1v) is 2.92. The fraction of sp³-hybridized carbons (Fsp3) is 0.400. The molecule has 0 atom stereocenters. The number of carbonyl (C=O) groups excluding carboxylic acids is 3. The van der Waals surface area contributed by atoms with Gasteiger partial charge in [-0.05, 0) is 0 Å². The molecule has 0 aromatic carbocycles. The quantitative estimate of drug-likeness (QED) is 0.401. The topological polar surface area (TPSA) is 91.9 Å². The summed E-state index contributed by atoms with van der Waals surface area (Å²) in [5.74, 6) is -15.6. The zero-order valence-electron chi connectivity index (χ0n) is 6.90. The molecule has 0 fully saturated rings. The molecule has 0 saturated carbocycles. The molecule has 0 aromatic rings. The fourth-order valence-electron chi connectivity index (χ4n) is 0.444. The molecule has 16 heavy (non-hydrogen) atoms. The SMILES string of the molecule is O.O=C(OF)C(=O)C(F)(F)C(=O)C(F)(F)F. The van der Waals surface area contributed by atoms with Gasteiger partial charge in [-0.2, -0.15) is 22.0 Å². The van der Waals surface area contributed by atoms with E-state index in [4.69, 9.17) is 0 Å². The summed E-state index contributed by atoms with van der Waals surface area (Å²) in [5.41, 5.74) is 0. The van der Waals surface area contributed by atoms with E-state index in [9.17, 15) is 40.9 Å². The molecule has 0 saturated heterocycles. The first-order chi connectivity index (χ1) is 6.55. The van der Waals surface area contributed by atoms with Crippen LogP contribution in [0.1, 0.15) is 0 Å². The Kier molecular flexibility index (Phi) is 5.15. The van der Waals surface area contributed by atoms with Crippen molar-refractivity contribution < 1.29 is 51.3 Å². The smallest absolute Gasteiger partial charge is 0.412 e. The molecule has 11 heteroatoms. The molecule has 0 unspecified atom stereocenters. The van der Waals surface area contributed by atoms with Crippen LogP contribution in [0.4, 0.5) is 26.5 Å². The third kappa shape index (κ3) is 3.18. The summed E-state index contributed by atoms with van der Waals surface area (Å²) in [5, 5.41) is 0.